The van der Waals surface area contributed by atoms with Gasteiger partial charge in [-0.05, 0) is 29.5 Å². The fraction of sp³-hybridized carbons (Fsp3) is 0. The van der Waals surface area contributed by atoms with Gasteiger partial charge in [-0.15, -0.1) is 0 Å². The van der Waals surface area contributed by atoms with E-state index in [2.05, 4.69) is 10.3 Å². The molecule has 1 heterocycles. The number of rotatable bonds is 4. The molecule has 0 spiro atoms. The van der Waals surface area contributed by atoms with Gasteiger partial charge in [0.2, 0.25) is 0 Å². The highest BCUT2D eigenvalue weighted by Gasteiger charge is 2.16. The Bertz CT molecular complexity index is 742. The van der Waals surface area contributed by atoms with Crippen molar-refractivity contribution in [2.45, 2.75) is 0 Å². The molecule has 9 nitrogen and oxygen atoms in total. The third kappa shape index (κ3) is 3.12. The molecule has 0 radical (unpaired) electrons. The Morgan fingerprint density at radius 1 is 1.43 bits per heavy atom. The number of aromatic carboxylic acids is 1. The van der Waals surface area contributed by atoms with E-state index in [1.54, 1.807) is 0 Å². The molecule has 0 bridgehead atoms. The first-order valence-electron chi connectivity index (χ1n) is 5.43. The number of nitrogens with zero attached hydrogens (tertiary/aromatic N) is 2. The fourth-order valence-electron chi connectivity index (χ4n) is 1.47. The minimum Gasteiger partial charge on any atom is -0.478 e. The van der Waals surface area contributed by atoms with Crippen LogP contribution in [0.3, 0.4) is 0 Å². The van der Waals surface area contributed by atoms with Gasteiger partial charge in [-0.3, -0.25) is 20.2 Å². The van der Waals surface area contributed by atoms with Crippen LogP contribution in [0.25, 0.3) is 0 Å². The van der Waals surface area contributed by atoms with Crippen molar-refractivity contribution in [3.05, 3.63) is 45.6 Å². The summed E-state index contributed by atoms with van der Waals surface area (Å²) in [5, 5.41) is 21.5. The second-order valence-corrected chi connectivity index (χ2v) is 4.83. The quantitative estimate of drug-likeness (QED) is 0.441. The van der Waals surface area contributed by atoms with E-state index in [-0.39, 0.29) is 26.9 Å². The van der Waals surface area contributed by atoms with E-state index in [1.807, 2.05) is 0 Å². The van der Waals surface area contributed by atoms with Gasteiger partial charge in [0.15, 0.2) is 5.13 Å². The van der Waals surface area contributed by atoms with Crippen LogP contribution < -0.4 is 11.1 Å². The van der Waals surface area contributed by atoms with Crippen LogP contribution in [-0.2, 0) is 0 Å². The lowest BCUT2D eigenvalue weighted by atomic mass is 10.1. The minimum absolute atomic E-state index is 0.0153. The number of nitrogens with two attached hydrogens (primary N) is 1. The first-order valence-corrected chi connectivity index (χ1v) is 6.24. The van der Waals surface area contributed by atoms with E-state index < -0.39 is 16.8 Å². The summed E-state index contributed by atoms with van der Waals surface area (Å²) in [6.45, 7) is 0. The van der Waals surface area contributed by atoms with Gasteiger partial charge < -0.3 is 10.8 Å². The molecule has 0 aliphatic heterocycles. The number of thiazole rings is 1. The Morgan fingerprint density at radius 3 is 2.67 bits per heavy atom. The fourth-order valence-corrected chi connectivity index (χ4v) is 2.10. The molecule has 21 heavy (non-hydrogen) atoms. The van der Waals surface area contributed by atoms with Crippen molar-refractivity contribution < 1.29 is 19.6 Å². The van der Waals surface area contributed by atoms with E-state index in [9.17, 15) is 19.7 Å². The highest BCUT2D eigenvalue weighted by Crippen LogP contribution is 2.26. The molecule has 0 unspecified atom stereocenters. The molecule has 0 saturated carbocycles. The lowest BCUT2D eigenvalue weighted by Gasteiger charge is -2.05. The predicted molar refractivity (Wildman–Crippen MR) is 74.5 cm³/mol. The number of anilines is 2. The lowest BCUT2D eigenvalue weighted by molar-refractivity contribution is -0.380. The molecule has 2 aromatic rings. The van der Waals surface area contributed by atoms with Crippen LogP contribution >= 0.6 is 11.3 Å². The summed E-state index contributed by atoms with van der Waals surface area (Å²) in [6, 6.07) is 3.65. The molecule has 0 aliphatic carbocycles. The molecule has 2 rings (SSSR count). The van der Waals surface area contributed by atoms with Gasteiger partial charge in [0, 0.05) is 5.69 Å². The highest BCUT2D eigenvalue weighted by molar-refractivity contribution is 7.18. The summed E-state index contributed by atoms with van der Waals surface area (Å²) >= 11 is 0.701. The van der Waals surface area contributed by atoms with Crippen molar-refractivity contribution in [1.82, 2.24) is 4.98 Å². The van der Waals surface area contributed by atoms with Crippen LogP contribution in [0, 0.1) is 10.1 Å². The first-order chi connectivity index (χ1) is 9.88. The van der Waals surface area contributed by atoms with Gasteiger partial charge in [0.05, 0.1) is 16.1 Å². The Balaban J connectivity index is 2.20. The van der Waals surface area contributed by atoms with Crippen molar-refractivity contribution in [1.29, 1.82) is 0 Å². The number of amides is 1. The van der Waals surface area contributed by atoms with Gasteiger partial charge >= 0.3 is 11.0 Å². The van der Waals surface area contributed by atoms with Crippen LogP contribution in [0.4, 0.5) is 15.8 Å². The molecule has 1 amide bonds. The maximum atomic E-state index is 12.0. The largest absolute Gasteiger partial charge is 0.478 e. The summed E-state index contributed by atoms with van der Waals surface area (Å²) in [5.74, 6) is -1.79. The van der Waals surface area contributed by atoms with Crippen LogP contribution in [0.1, 0.15) is 20.7 Å². The smallest absolute Gasteiger partial charge is 0.345 e. The number of carbonyl (C=O) groups excluding carboxylic acids is 1. The Labute approximate surface area is 121 Å². The molecule has 10 heteroatoms. The van der Waals surface area contributed by atoms with Crippen molar-refractivity contribution >= 4 is 39.0 Å². The zero-order chi connectivity index (χ0) is 15.6. The molecular weight excluding hydrogens is 300 g/mol. The number of carboxylic acid groups (broad SMARTS) is 1. The van der Waals surface area contributed by atoms with Crippen LogP contribution in [0.2, 0.25) is 0 Å². The van der Waals surface area contributed by atoms with Crippen LogP contribution in [0.15, 0.2) is 24.4 Å². The molecule has 4 N–H and O–H groups in total. The normalized spacial score (nSPS) is 10.1. The average molecular weight is 308 g/mol. The third-order valence-electron chi connectivity index (χ3n) is 2.44. The predicted octanol–water partition coefficient (Wildman–Crippen LogP) is 1.58. The average Bonchev–Trinajstić information content (AvgIpc) is 2.87. The van der Waals surface area contributed by atoms with E-state index in [1.165, 1.54) is 12.1 Å². The summed E-state index contributed by atoms with van der Waals surface area (Å²) < 4.78 is 0. The summed E-state index contributed by atoms with van der Waals surface area (Å²) in [6.07, 6.45) is 1.02. The van der Waals surface area contributed by atoms with Gasteiger partial charge in [0.1, 0.15) is 6.20 Å². The Kier molecular flexibility index (Phi) is 3.80. The molecular formula is C11H8N4O5S. The first kappa shape index (κ1) is 14.4. The van der Waals surface area contributed by atoms with Gasteiger partial charge in [-0.1, -0.05) is 0 Å². The number of hydrogen-bond donors (Lipinski definition) is 3. The van der Waals surface area contributed by atoms with E-state index in [0.717, 1.165) is 12.3 Å². The maximum absolute atomic E-state index is 12.0. The molecule has 1 aromatic heterocycles. The number of hydrogen-bond acceptors (Lipinski definition) is 7. The second kappa shape index (κ2) is 5.54. The van der Waals surface area contributed by atoms with Crippen LogP contribution in [0.5, 0.6) is 0 Å². The zero-order valence-corrected chi connectivity index (χ0v) is 11.1. The third-order valence-corrected chi connectivity index (χ3v) is 3.30. The van der Waals surface area contributed by atoms with Gasteiger partial charge in [0.25, 0.3) is 5.91 Å². The number of carboxylic acids is 1. The number of aromatic nitrogens is 1. The molecule has 0 saturated heterocycles. The van der Waals surface area contributed by atoms with Gasteiger partial charge in [-0.2, -0.15) is 0 Å². The SMILES string of the molecule is Nc1cc(C(=O)O)ccc1C(=O)Nc1ncc([N+](=O)[O-])s1. The van der Waals surface area contributed by atoms with E-state index >= 15 is 0 Å². The summed E-state index contributed by atoms with van der Waals surface area (Å²) in [7, 11) is 0. The molecule has 108 valence electrons. The zero-order valence-electron chi connectivity index (χ0n) is 10.3. The standard InChI is InChI=1S/C11H8N4O5S/c12-7-3-5(10(17)18)1-2-6(7)9(16)14-11-13-4-8(21-11)15(19)20/h1-4H,12H2,(H,17,18)(H,13,14,16). The Hall–Kier alpha value is -3.01. The van der Waals surface area contributed by atoms with Crippen LogP contribution in [-0.4, -0.2) is 26.9 Å². The number of benzene rings is 1. The molecule has 0 aliphatic rings. The molecule has 0 atom stereocenters. The van der Waals surface area contributed by atoms with Crippen molar-refractivity contribution in [3.8, 4) is 0 Å². The second-order valence-electron chi connectivity index (χ2n) is 3.82. The van der Waals surface area contributed by atoms with Crippen molar-refractivity contribution in [3.63, 3.8) is 0 Å². The van der Waals surface area contributed by atoms with E-state index in [0.29, 0.717) is 11.3 Å². The van der Waals surface area contributed by atoms with Crippen molar-refractivity contribution in [2.75, 3.05) is 11.1 Å². The monoisotopic (exact) mass is 308 g/mol. The number of nitro groups is 1. The maximum Gasteiger partial charge on any atom is 0.345 e. The van der Waals surface area contributed by atoms with Gasteiger partial charge in [-0.25, -0.2) is 9.78 Å². The minimum atomic E-state index is -1.16. The Morgan fingerprint density at radius 2 is 2.14 bits per heavy atom. The lowest BCUT2D eigenvalue weighted by Crippen LogP contribution is -2.14. The molecule has 0 fully saturated rings. The molecule has 1 aromatic carbocycles. The van der Waals surface area contributed by atoms with Crippen molar-refractivity contribution in [2.24, 2.45) is 0 Å². The summed E-state index contributed by atoms with van der Waals surface area (Å²) in [5.41, 5.74) is 5.61. The summed E-state index contributed by atoms with van der Waals surface area (Å²) in [4.78, 5) is 36.3. The number of carbonyl (C=O) groups is 2. The van der Waals surface area contributed by atoms with E-state index in [4.69, 9.17) is 10.8 Å². The number of nitrogens with one attached hydrogen (secondary N) is 1. The number of nitrogen functional groups attached to an aromatic ring is 1. The topological polar surface area (TPSA) is 148 Å². The highest BCUT2D eigenvalue weighted by atomic mass is 32.1.